The van der Waals surface area contributed by atoms with E-state index in [9.17, 15) is 22.0 Å². The number of alkyl halides is 2. The summed E-state index contributed by atoms with van der Waals surface area (Å²) in [5, 5.41) is 2.70. The van der Waals surface area contributed by atoms with Gasteiger partial charge in [0.25, 0.3) is 0 Å². The van der Waals surface area contributed by atoms with Gasteiger partial charge in [-0.15, -0.1) is 0 Å². The second-order valence-corrected chi connectivity index (χ2v) is 7.98. The molecule has 0 fully saturated rings. The Morgan fingerprint density at radius 2 is 1.83 bits per heavy atom. The van der Waals surface area contributed by atoms with Crippen molar-refractivity contribution in [2.24, 2.45) is 0 Å². The Hall–Kier alpha value is -3.14. The molecule has 0 spiro atoms. The fourth-order valence-corrected chi connectivity index (χ4v) is 3.07. The Morgan fingerprint density at radius 3 is 2.43 bits per heavy atom. The molecule has 0 aliphatic carbocycles. The molecule has 0 unspecified atom stereocenters. The lowest BCUT2D eigenvalue weighted by Crippen LogP contribution is -2.23. The maximum Gasteiger partial charge on any atom is 0.387 e. The van der Waals surface area contributed by atoms with E-state index in [0.717, 1.165) is 6.26 Å². The molecule has 2 aromatic carbocycles. The number of carbonyl (C=O) groups is 1. The summed E-state index contributed by atoms with van der Waals surface area (Å²) in [5.74, 6) is -0.195. The molecule has 10 heteroatoms. The summed E-state index contributed by atoms with van der Waals surface area (Å²) in [4.78, 5) is 11.9. The van der Waals surface area contributed by atoms with Gasteiger partial charge in [-0.05, 0) is 47.9 Å². The molecular formula is C20H22F2N2O5S. The Morgan fingerprint density at radius 1 is 1.13 bits per heavy atom. The van der Waals surface area contributed by atoms with Crippen LogP contribution >= 0.6 is 0 Å². The third kappa shape index (κ3) is 8.08. The molecule has 2 N–H and O–H groups in total. The van der Waals surface area contributed by atoms with Crippen LogP contribution < -0.4 is 19.5 Å². The molecule has 0 aromatic heterocycles. The van der Waals surface area contributed by atoms with E-state index < -0.39 is 16.6 Å². The van der Waals surface area contributed by atoms with Gasteiger partial charge in [0, 0.05) is 18.3 Å². The van der Waals surface area contributed by atoms with Crippen molar-refractivity contribution in [1.29, 1.82) is 0 Å². The van der Waals surface area contributed by atoms with E-state index in [-0.39, 0.29) is 17.4 Å². The fourth-order valence-electron chi connectivity index (χ4n) is 2.50. The van der Waals surface area contributed by atoms with Gasteiger partial charge >= 0.3 is 6.61 Å². The number of amides is 1. The summed E-state index contributed by atoms with van der Waals surface area (Å²) >= 11 is 0. The lowest BCUT2D eigenvalue weighted by atomic mass is 10.1. The van der Waals surface area contributed by atoms with Crippen molar-refractivity contribution in [2.45, 2.75) is 13.0 Å². The van der Waals surface area contributed by atoms with Crippen molar-refractivity contribution >= 4 is 27.7 Å². The van der Waals surface area contributed by atoms with Crippen LogP contribution in [0, 0.1) is 0 Å². The van der Waals surface area contributed by atoms with Crippen LogP contribution in [0.25, 0.3) is 6.08 Å². The highest BCUT2D eigenvalue weighted by atomic mass is 32.2. The highest BCUT2D eigenvalue weighted by Gasteiger charge is 2.11. The van der Waals surface area contributed by atoms with Crippen LogP contribution in [0.2, 0.25) is 0 Å². The molecule has 0 bridgehead atoms. The van der Waals surface area contributed by atoms with E-state index in [1.54, 1.807) is 36.4 Å². The van der Waals surface area contributed by atoms with Gasteiger partial charge < -0.3 is 14.8 Å². The summed E-state index contributed by atoms with van der Waals surface area (Å²) in [7, 11) is -1.99. The summed E-state index contributed by atoms with van der Waals surface area (Å²) in [6.07, 6.45) is 4.40. The number of benzene rings is 2. The molecule has 0 aliphatic heterocycles. The first kappa shape index (κ1) is 23.1. The number of carbonyl (C=O) groups excluding carboxylic acids is 1. The van der Waals surface area contributed by atoms with Gasteiger partial charge in [-0.1, -0.05) is 18.2 Å². The van der Waals surface area contributed by atoms with Crippen LogP contribution in [0.5, 0.6) is 11.5 Å². The van der Waals surface area contributed by atoms with Gasteiger partial charge in [0.2, 0.25) is 15.9 Å². The summed E-state index contributed by atoms with van der Waals surface area (Å²) < 4.78 is 59.1. The van der Waals surface area contributed by atoms with Crippen molar-refractivity contribution in [3.63, 3.8) is 0 Å². The van der Waals surface area contributed by atoms with Crippen LogP contribution in [0.3, 0.4) is 0 Å². The van der Waals surface area contributed by atoms with Crippen molar-refractivity contribution in [2.75, 3.05) is 24.6 Å². The lowest BCUT2D eigenvalue weighted by molar-refractivity contribution is -0.116. The highest BCUT2D eigenvalue weighted by molar-refractivity contribution is 7.92. The monoisotopic (exact) mass is 440 g/mol. The minimum Gasteiger partial charge on any atom is -0.493 e. The Balaban J connectivity index is 1.86. The number of sulfonamides is 1. The standard InChI is InChI=1S/C20H22F2N2O5S/c1-28-17-9-5-15(13-18(17)29-20(21)22)11-12-23-19(25)10-6-14-3-7-16(8-4-14)24-30(2,26)27/h3-10,13,20,24H,11-12H2,1-2H3,(H,23,25)/b10-6+. The van der Waals surface area contributed by atoms with Crippen LogP contribution in [0.1, 0.15) is 11.1 Å². The minimum absolute atomic E-state index is 0.0648. The van der Waals surface area contributed by atoms with Gasteiger partial charge in [0.15, 0.2) is 11.5 Å². The van der Waals surface area contributed by atoms with E-state index in [0.29, 0.717) is 29.8 Å². The first-order chi connectivity index (χ1) is 14.2. The number of nitrogens with one attached hydrogen (secondary N) is 2. The third-order valence-corrected chi connectivity index (χ3v) is 4.40. The van der Waals surface area contributed by atoms with E-state index >= 15 is 0 Å². The molecule has 30 heavy (non-hydrogen) atoms. The Bertz CT molecular complexity index is 993. The van der Waals surface area contributed by atoms with E-state index in [4.69, 9.17) is 4.74 Å². The van der Waals surface area contributed by atoms with Crippen molar-refractivity contribution < 1.29 is 31.5 Å². The summed E-state index contributed by atoms with van der Waals surface area (Å²) in [6, 6.07) is 11.2. The largest absolute Gasteiger partial charge is 0.493 e. The number of ether oxygens (including phenoxy) is 2. The van der Waals surface area contributed by atoms with Gasteiger partial charge in [-0.2, -0.15) is 8.78 Å². The zero-order valence-corrected chi connectivity index (χ0v) is 17.2. The normalized spacial score (nSPS) is 11.5. The molecule has 0 saturated heterocycles. The van der Waals surface area contributed by atoms with Crippen molar-refractivity contribution in [1.82, 2.24) is 5.32 Å². The maximum absolute atomic E-state index is 12.5. The molecule has 7 nitrogen and oxygen atoms in total. The summed E-state index contributed by atoms with van der Waals surface area (Å²) in [5.41, 5.74) is 1.84. The summed E-state index contributed by atoms with van der Waals surface area (Å²) in [6.45, 7) is -2.67. The van der Waals surface area contributed by atoms with E-state index in [2.05, 4.69) is 14.8 Å². The third-order valence-electron chi connectivity index (χ3n) is 3.80. The van der Waals surface area contributed by atoms with Crippen LogP contribution in [0.4, 0.5) is 14.5 Å². The topological polar surface area (TPSA) is 93.7 Å². The van der Waals surface area contributed by atoms with Crippen molar-refractivity contribution in [3.05, 3.63) is 59.7 Å². The predicted octanol–water partition coefficient (Wildman–Crippen LogP) is 3.04. The second-order valence-electron chi connectivity index (χ2n) is 6.23. The average Bonchev–Trinajstić information content (AvgIpc) is 2.66. The maximum atomic E-state index is 12.5. The minimum atomic E-state index is -3.35. The molecule has 0 radical (unpaired) electrons. The molecule has 0 heterocycles. The molecule has 0 saturated carbocycles. The number of methoxy groups -OCH3 is 1. The van der Waals surface area contributed by atoms with Gasteiger partial charge in [-0.3, -0.25) is 9.52 Å². The van der Waals surface area contributed by atoms with E-state index in [1.165, 1.54) is 25.3 Å². The van der Waals surface area contributed by atoms with Crippen LogP contribution in [0.15, 0.2) is 48.5 Å². The highest BCUT2D eigenvalue weighted by Crippen LogP contribution is 2.29. The first-order valence-electron chi connectivity index (χ1n) is 8.82. The number of hydrogen-bond donors (Lipinski definition) is 2. The van der Waals surface area contributed by atoms with E-state index in [1.807, 2.05) is 0 Å². The Kier molecular flexibility index (Phi) is 8.16. The Labute approximate surface area is 173 Å². The number of hydrogen-bond acceptors (Lipinski definition) is 5. The number of rotatable bonds is 10. The molecule has 1 amide bonds. The first-order valence-corrected chi connectivity index (χ1v) is 10.7. The number of halogens is 2. The van der Waals surface area contributed by atoms with Gasteiger partial charge in [0.05, 0.1) is 13.4 Å². The van der Waals surface area contributed by atoms with Crippen LogP contribution in [-0.2, 0) is 21.2 Å². The average molecular weight is 440 g/mol. The molecule has 0 atom stereocenters. The zero-order chi connectivity index (χ0) is 22.1. The smallest absolute Gasteiger partial charge is 0.387 e. The SMILES string of the molecule is COc1ccc(CCNC(=O)/C=C/c2ccc(NS(C)(=O)=O)cc2)cc1OC(F)F. The lowest BCUT2D eigenvalue weighted by Gasteiger charge is -2.11. The molecule has 162 valence electrons. The quantitative estimate of drug-likeness (QED) is 0.554. The van der Waals surface area contributed by atoms with Crippen molar-refractivity contribution in [3.8, 4) is 11.5 Å². The molecule has 2 aromatic rings. The molecule has 2 rings (SSSR count). The molecule has 0 aliphatic rings. The van der Waals surface area contributed by atoms with Crippen LogP contribution in [-0.4, -0.2) is 40.8 Å². The zero-order valence-electron chi connectivity index (χ0n) is 16.4. The number of anilines is 1. The predicted molar refractivity (Wildman–Crippen MR) is 110 cm³/mol. The fraction of sp³-hybridized carbons (Fsp3) is 0.250. The van der Waals surface area contributed by atoms with Gasteiger partial charge in [0.1, 0.15) is 0 Å². The second kappa shape index (κ2) is 10.6. The molecular weight excluding hydrogens is 418 g/mol. The van der Waals surface area contributed by atoms with Gasteiger partial charge in [-0.25, -0.2) is 8.42 Å².